The van der Waals surface area contributed by atoms with Crippen LogP contribution in [0.5, 0.6) is 0 Å². The summed E-state index contributed by atoms with van der Waals surface area (Å²) in [4.78, 5) is 14.4. The van der Waals surface area contributed by atoms with Gasteiger partial charge in [-0.25, -0.2) is 0 Å². The monoisotopic (exact) mass is 334 g/mol. The number of aromatic nitrogens is 3. The number of aromatic amines is 1. The van der Waals surface area contributed by atoms with Gasteiger partial charge in [-0.2, -0.15) is 5.10 Å². The molecule has 0 saturated heterocycles. The quantitative estimate of drug-likeness (QED) is 0.932. The average molecular weight is 335 g/mol. The van der Waals surface area contributed by atoms with Gasteiger partial charge < -0.3 is 9.42 Å². The van der Waals surface area contributed by atoms with Crippen molar-refractivity contribution in [3.63, 3.8) is 0 Å². The number of carbonyl (C=O) groups excluding carboxylic acids is 1. The second-order valence-corrected chi connectivity index (χ2v) is 6.76. The Morgan fingerprint density at radius 1 is 1.48 bits per heavy atom. The highest BCUT2D eigenvalue weighted by Gasteiger charge is 2.30. The summed E-state index contributed by atoms with van der Waals surface area (Å²) in [7, 11) is 0. The van der Waals surface area contributed by atoms with E-state index in [1.807, 2.05) is 4.90 Å². The zero-order valence-electron chi connectivity index (χ0n) is 12.8. The summed E-state index contributed by atoms with van der Waals surface area (Å²) >= 11 is 5.72. The number of nitrogens with zero attached hydrogens (tertiary/aromatic N) is 3. The molecule has 6 nitrogen and oxygen atoms in total. The Morgan fingerprint density at radius 3 is 3.04 bits per heavy atom. The lowest BCUT2D eigenvalue weighted by atomic mass is 9.81. The maximum atomic E-state index is 12.5. The Kier molecular flexibility index (Phi) is 3.85. The van der Waals surface area contributed by atoms with E-state index >= 15 is 0 Å². The molecule has 7 heteroatoms. The van der Waals surface area contributed by atoms with Crippen LogP contribution in [0.2, 0.25) is 5.15 Å². The standard InChI is InChI=1S/C16H19ClN4O2/c17-14-8-11(23-20-14)4-5-15(22)21-7-6-13-12(9-21)16(19-18-13)10-2-1-3-10/h8,10H,1-7,9H2,(H,18,19). The van der Waals surface area contributed by atoms with Crippen molar-refractivity contribution in [3.05, 3.63) is 33.9 Å². The largest absolute Gasteiger partial charge is 0.360 e. The smallest absolute Gasteiger partial charge is 0.223 e. The normalized spacial score (nSPS) is 17.9. The van der Waals surface area contributed by atoms with Crippen molar-refractivity contribution in [1.82, 2.24) is 20.3 Å². The maximum Gasteiger partial charge on any atom is 0.223 e. The molecule has 1 N–H and O–H groups in total. The molecule has 3 heterocycles. The van der Waals surface area contributed by atoms with Crippen molar-refractivity contribution in [2.45, 2.75) is 51.0 Å². The predicted molar refractivity (Wildman–Crippen MR) is 84.1 cm³/mol. The van der Waals surface area contributed by atoms with Gasteiger partial charge in [0.25, 0.3) is 0 Å². The minimum absolute atomic E-state index is 0.143. The van der Waals surface area contributed by atoms with Crippen LogP contribution in [0.4, 0.5) is 0 Å². The van der Waals surface area contributed by atoms with Crippen LogP contribution in [0.3, 0.4) is 0 Å². The van der Waals surface area contributed by atoms with Crippen LogP contribution < -0.4 is 0 Å². The fourth-order valence-corrected chi connectivity index (χ4v) is 3.50. The van der Waals surface area contributed by atoms with Gasteiger partial charge in [0.2, 0.25) is 5.91 Å². The molecule has 1 aliphatic carbocycles. The molecule has 2 aromatic rings. The minimum Gasteiger partial charge on any atom is -0.360 e. The molecule has 2 aromatic heterocycles. The van der Waals surface area contributed by atoms with E-state index in [9.17, 15) is 4.79 Å². The van der Waals surface area contributed by atoms with Gasteiger partial charge in [0.05, 0.1) is 5.69 Å². The zero-order chi connectivity index (χ0) is 15.8. The number of halogens is 1. The number of rotatable bonds is 4. The first-order valence-electron chi connectivity index (χ1n) is 8.15. The van der Waals surface area contributed by atoms with Crippen molar-refractivity contribution in [1.29, 1.82) is 0 Å². The molecule has 0 atom stereocenters. The average Bonchev–Trinajstić information content (AvgIpc) is 3.10. The summed E-state index contributed by atoms with van der Waals surface area (Å²) in [5.74, 6) is 1.38. The van der Waals surface area contributed by atoms with Crippen LogP contribution in [0.15, 0.2) is 10.6 Å². The number of amides is 1. The summed E-state index contributed by atoms with van der Waals surface area (Å²) in [6, 6.07) is 1.66. The van der Waals surface area contributed by atoms with Crippen molar-refractivity contribution >= 4 is 17.5 Å². The summed E-state index contributed by atoms with van der Waals surface area (Å²) in [6.07, 6.45) is 5.53. The van der Waals surface area contributed by atoms with Gasteiger partial charge in [-0.1, -0.05) is 23.2 Å². The highest BCUT2D eigenvalue weighted by Crippen LogP contribution is 2.38. The molecule has 1 fully saturated rings. The molecule has 1 aliphatic heterocycles. The van der Waals surface area contributed by atoms with E-state index in [2.05, 4.69) is 15.4 Å². The third-order valence-electron chi connectivity index (χ3n) is 4.93. The molecule has 1 saturated carbocycles. The SMILES string of the molecule is O=C(CCc1cc(Cl)no1)N1CCc2[nH]nc(C3CCC3)c2C1. The van der Waals surface area contributed by atoms with E-state index < -0.39 is 0 Å². The van der Waals surface area contributed by atoms with E-state index in [1.54, 1.807) is 6.07 Å². The molecule has 0 spiro atoms. The minimum atomic E-state index is 0.143. The van der Waals surface area contributed by atoms with Crippen molar-refractivity contribution in [3.8, 4) is 0 Å². The van der Waals surface area contributed by atoms with Gasteiger partial charge in [-0.3, -0.25) is 9.89 Å². The number of fused-ring (bicyclic) bond motifs is 1. The molecule has 0 unspecified atom stereocenters. The Morgan fingerprint density at radius 2 is 2.35 bits per heavy atom. The van der Waals surface area contributed by atoms with E-state index in [0.717, 1.165) is 13.0 Å². The van der Waals surface area contributed by atoms with Gasteiger partial charge in [0.1, 0.15) is 5.76 Å². The zero-order valence-corrected chi connectivity index (χ0v) is 13.6. The van der Waals surface area contributed by atoms with Crippen molar-refractivity contribution < 1.29 is 9.32 Å². The Hall–Kier alpha value is -1.82. The topological polar surface area (TPSA) is 75.0 Å². The first kappa shape index (κ1) is 14.8. The first-order valence-corrected chi connectivity index (χ1v) is 8.53. The third-order valence-corrected chi connectivity index (χ3v) is 5.10. The van der Waals surface area contributed by atoms with Crippen LogP contribution in [-0.2, 0) is 24.2 Å². The van der Waals surface area contributed by atoms with Gasteiger partial charge >= 0.3 is 0 Å². The van der Waals surface area contributed by atoms with Gasteiger partial charge in [-0.05, 0) is 12.8 Å². The number of nitrogens with one attached hydrogen (secondary N) is 1. The lowest BCUT2D eigenvalue weighted by molar-refractivity contribution is -0.132. The van der Waals surface area contributed by atoms with Crippen LogP contribution in [0.1, 0.15) is 54.3 Å². The lowest BCUT2D eigenvalue weighted by Crippen LogP contribution is -2.36. The molecular formula is C16H19ClN4O2. The second kappa shape index (κ2) is 6.00. The number of aryl methyl sites for hydroxylation is 1. The summed E-state index contributed by atoms with van der Waals surface area (Å²) in [6.45, 7) is 1.42. The summed E-state index contributed by atoms with van der Waals surface area (Å²) in [5, 5.41) is 11.6. The fraction of sp³-hybridized carbons (Fsp3) is 0.562. The second-order valence-electron chi connectivity index (χ2n) is 6.38. The number of hydrogen-bond acceptors (Lipinski definition) is 4. The molecule has 122 valence electrons. The highest BCUT2D eigenvalue weighted by atomic mass is 35.5. The maximum absolute atomic E-state index is 12.5. The Balaban J connectivity index is 1.40. The molecule has 0 radical (unpaired) electrons. The Bertz CT molecular complexity index is 719. The van der Waals surface area contributed by atoms with Crippen LogP contribution >= 0.6 is 11.6 Å². The highest BCUT2D eigenvalue weighted by molar-refractivity contribution is 6.29. The van der Waals surface area contributed by atoms with Crippen LogP contribution in [-0.4, -0.2) is 32.7 Å². The fourth-order valence-electron chi connectivity index (χ4n) is 3.34. The molecule has 0 aromatic carbocycles. The molecule has 4 rings (SSSR count). The first-order chi connectivity index (χ1) is 11.2. The lowest BCUT2D eigenvalue weighted by Gasteiger charge is -2.30. The van der Waals surface area contributed by atoms with E-state index in [4.69, 9.17) is 16.1 Å². The predicted octanol–water partition coefficient (Wildman–Crippen LogP) is 2.84. The summed E-state index contributed by atoms with van der Waals surface area (Å²) in [5.41, 5.74) is 3.64. The molecular weight excluding hydrogens is 316 g/mol. The van der Waals surface area contributed by atoms with Gasteiger partial charge in [-0.15, -0.1) is 0 Å². The molecule has 1 amide bonds. The van der Waals surface area contributed by atoms with E-state index in [-0.39, 0.29) is 5.91 Å². The van der Waals surface area contributed by atoms with Crippen LogP contribution in [0.25, 0.3) is 0 Å². The van der Waals surface area contributed by atoms with E-state index in [0.29, 0.717) is 36.2 Å². The number of H-pyrrole nitrogens is 1. The van der Waals surface area contributed by atoms with Gasteiger partial charge in [0.15, 0.2) is 5.15 Å². The summed E-state index contributed by atoms with van der Waals surface area (Å²) < 4.78 is 5.05. The molecule has 23 heavy (non-hydrogen) atoms. The van der Waals surface area contributed by atoms with Crippen LogP contribution in [0, 0.1) is 0 Å². The number of hydrogen-bond donors (Lipinski definition) is 1. The molecule has 2 aliphatic rings. The van der Waals surface area contributed by atoms with Gasteiger partial charge in [0, 0.05) is 55.6 Å². The number of carbonyl (C=O) groups is 1. The van der Waals surface area contributed by atoms with Crippen molar-refractivity contribution in [2.75, 3.05) is 6.54 Å². The third kappa shape index (κ3) is 2.87. The molecule has 0 bridgehead atoms. The Labute approximate surface area is 139 Å². The van der Waals surface area contributed by atoms with Crippen molar-refractivity contribution in [2.24, 2.45) is 0 Å². The van der Waals surface area contributed by atoms with E-state index in [1.165, 1.54) is 36.2 Å².